The minimum absolute atomic E-state index is 0.256. The van der Waals surface area contributed by atoms with Crippen LogP contribution in [-0.2, 0) is 9.25 Å². The molecule has 0 aliphatic heterocycles. The Labute approximate surface area is 42.0 Å². The van der Waals surface area contributed by atoms with Crippen molar-refractivity contribution in [2.75, 3.05) is 6.61 Å². The van der Waals surface area contributed by atoms with Crippen molar-refractivity contribution in [2.24, 2.45) is 0 Å². The molecule has 0 heterocycles. The van der Waals surface area contributed by atoms with E-state index in [9.17, 15) is 4.53 Å². The van der Waals surface area contributed by atoms with Gasteiger partial charge in [0, 0.05) is 0 Å². The lowest BCUT2D eigenvalue weighted by Gasteiger charge is -1.98. The zero-order valence-electron chi connectivity index (χ0n) is 3.80. The molecule has 0 fully saturated rings. The van der Waals surface area contributed by atoms with Crippen LogP contribution in [0.25, 0.3) is 0 Å². The molecule has 0 radical (unpaired) electrons. The summed E-state index contributed by atoms with van der Waals surface area (Å²) in [5.74, 6) is 0. The van der Waals surface area contributed by atoms with Gasteiger partial charge in [-0.3, -0.25) is 0 Å². The van der Waals surface area contributed by atoms with Gasteiger partial charge in [0.05, 0.1) is 6.61 Å². The molecule has 0 spiro atoms. The lowest BCUT2D eigenvalue weighted by Crippen LogP contribution is -1.80. The second-order valence-corrected chi connectivity index (χ2v) is 1.60. The highest BCUT2D eigenvalue weighted by Gasteiger charge is 2.02. The van der Waals surface area contributed by atoms with Crippen molar-refractivity contribution in [1.29, 1.82) is 0 Å². The SMILES string of the molecule is CCOP(O)OF. The van der Waals surface area contributed by atoms with Gasteiger partial charge in [-0.15, -0.1) is 4.73 Å². The summed E-state index contributed by atoms with van der Waals surface area (Å²) in [6.07, 6.45) is 0. The Hall–Kier alpha value is 0.240. The molecule has 0 amide bonds. The molecule has 7 heavy (non-hydrogen) atoms. The normalized spacial score (nSPS) is 14.1. The van der Waals surface area contributed by atoms with E-state index in [0.29, 0.717) is 0 Å². The molecule has 44 valence electrons. The van der Waals surface area contributed by atoms with Gasteiger partial charge in [0.1, 0.15) is 0 Å². The molecule has 0 aliphatic carbocycles. The van der Waals surface area contributed by atoms with E-state index in [4.69, 9.17) is 4.89 Å². The Bertz CT molecular complexity index is 43.9. The number of hydrogen-bond donors (Lipinski definition) is 1. The third-order valence-electron chi connectivity index (χ3n) is 0.299. The van der Waals surface area contributed by atoms with Gasteiger partial charge in [0.2, 0.25) is 0 Å². The average Bonchev–Trinajstić information content (AvgIpc) is 1.68. The summed E-state index contributed by atoms with van der Waals surface area (Å²) in [5, 5.41) is 0. The van der Waals surface area contributed by atoms with Crippen molar-refractivity contribution in [3.05, 3.63) is 0 Å². The van der Waals surface area contributed by atoms with Gasteiger partial charge >= 0.3 is 8.60 Å². The zero-order valence-corrected chi connectivity index (χ0v) is 4.69. The molecule has 5 heteroatoms. The minimum Gasteiger partial charge on any atom is -0.326 e. The van der Waals surface area contributed by atoms with Crippen LogP contribution >= 0.6 is 8.60 Å². The summed E-state index contributed by atoms with van der Waals surface area (Å²) in [6, 6.07) is 0. The van der Waals surface area contributed by atoms with Crippen LogP contribution in [0.3, 0.4) is 0 Å². The first kappa shape index (κ1) is 7.24. The van der Waals surface area contributed by atoms with Crippen LogP contribution < -0.4 is 0 Å². The first-order valence-electron chi connectivity index (χ1n) is 1.72. The highest BCUT2D eigenvalue weighted by Crippen LogP contribution is 2.32. The molecular formula is C2H6FO3P. The first-order valence-corrected chi connectivity index (χ1v) is 2.85. The smallest absolute Gasteiger partial charge is 0.326 e. The van der Waals surface area contributed by atoms with Gasteiger partial charge in [-0.25, -0.2) is 0 Å². The van der Waals surface area contributed by atoms with Crippen LogP contribution in [0.5, 0.6) is 0 Å². The molecular weight excluding hydrogens is 122 g/mol. The highest BCUT2D eigenvalue weighted by molar-refractivity contribution is 7.40. The topological polar surface area (TPSA) is 38.7 Å². The quantitative estimate of drug-likeness (QED) is 0.579. The Balaban J connectivity index is 2.83. The molecule has 3 nitrogen and oxygen atoms in total. The molecule has 0 saturated carbocycles. The summed E-state index contributed by atoms with van der Waals surface area (Å²) in [4.78, 5) is 8.10. The van der Waals surface area contributed by atoms with E-state index in [2.05, 4.69) is 9.25 Å². The van der Waals surface area contributed by atoms with Gasteiger partial charge in [0.15, 0.2) is 0 Å². The maximum atomic E-state index is 10.7. The molecule has 1 unspecified atom stereocenters. The Morgan fingerprint density at radius 1 is 1.86 bits per heavy atom. The molecule has 1 atom stereocenters. The second kappa shape index (κ2) is 4.40. The summed E-state index contributed by atoms with van der Waals surface area (Å²) in [5.41, 5.74) is 0. The van der Waals surface area contributed by atoms with E-state index in [1.165, 1.54) is 0 Å². The highest BCUT2D eigenvalue weighted by atomic mass is 31.2. The van der Waals surface area contributed by atoms with E-state index in [0.717, 1.165) is 0 Å². The van der Waals surface area contributed by atoms with E-state index in [1.54, 1.807) is 6.92 Å². The molecule has 0 bridgehead atoms. The van der Waals surface area contributed by atoms with Crippen LogP contribution in [-0.4, -0.2) is 11.5 Å². The maximum absolute atomic E-state index is 10.7. The van der Waals surface area contributed by atoms with Crippen LogP contribution in [0.15, 0.2) is 0 Å². The Morgan fingerprint density at radius 3 is 2.57 bits per heavy atom. The fourth-order valence-electron chi connectivity index (χ4n) is 0.130. The summed E-state index contributed by atoms with van der Waals surface area (Å²) >= 11 is 0. The molecule has 1 N–H and O–H groups in total. The fraction of sp³-hybridized carbons (Fsp3) is 1.00. The van der Waals surface area contributed by atoms with Gasteiger partial charge in [-0.05, 0) is 11.4 Å². The van der Waals surface area contributed by atoms with Crippen LogP contribution in [0.1, 0.15) is 6.92 Å². The van der Waals surface area contributed by atoms with Crippen LogP contribution in [0.4, 0.5) is 4.53 Å². The first-order chi connectivity index (χ1) is 3.31. The molecule has 0 aromatic rings. The standard InChI is InChI=1S/C2H6FO3P/c1-2-5-7(4)6-3/h4H,2H2,1H3. The van der Waals surface area contributed by atoms with E-state index in [1.807, 2.05) is 0 Å². The van der Waals surface area contributed by atoms with Gasteiger partial charge < -0.3 is 9.42 Å². The van der Waals surface area contributed by atoms with Gasteiger partial charge in [-0.1, -0.05) is 0 Å². The van der Waals surface area contributed by atoms with Crippen molar-refractivity contribution in [2.45, 2.75) is 6.92 Å². The van der Waals surface area contributed by atoms with E-state index < -0.39 is 8.60 Å². The third-order valence-corrected chi connectivity index (χ3v) is 0.896. The number of halogens is 1. The molecule has 0 rings (SSSR count). The van der Waals surface area contributed by atoms with Crippen molar-refractivity contribution < 1.29 is 18.7 Å². The fourth-order valence-corrected chi connectivity index (χ4v) is 0.391. The zero-order chi connectivity index (χ0) is 5.70. The van der Waals surface area contributed by atoms with Gasteiger partial charge in [-0.2, -0.15) is 0 Å². The Kier molecular flexibility index (Phi) is 4.55. The van der Waals surface area contributed by atoms with Crippen LogP contribution in [0, 0.1) is 0 Å². The lowest BCUT2D eigenvalue weighted by atomic mass is 10.9. The predicted octanol–water partition coefficient (Wildman–Crippen LogP) is 1.14. The second-order valence-electron chi connectivity index (χ2n) is 0.725. The molecule has 0 saturated heterocycles. The predicted molar refractivity (Wildman–Crippen MR) is 23.0 cm³/mol. The average molecular weight is 128 g/mol. The van der Waals surface area contributed by atoms with Crippen LogP contribution in [0.2, 0.25) is 0 Å². The van der Waals surface area contributed by atoms with Crippen molar-refractivity contribution in [3.63, 3.8) is 0 Å². The summed E-state index contributed by atoms with van der Waals surface area (Å²) in [7, 11) is -2.25. The lowest BCUT2D eigenvalue weighted by molar-refractivity contribution is -0.0267. The van der Waals surface area contributed by atoms with Gasteiger partial charge in [0.25, 0.3) is 0 Å². The van der Waals surface area contributed by atoms with Crippen molar-refractivity contribution in [1.82, 2.24) is 0 Å². The summed E-state index contributed by atoms with van der Waals surface area (Å²) in [6.45, 7) is 1.89. The maximum Gasteiger partial charge on any atom is 0.366 e. The molecule has 0 aromatic heterocycles. The van der Waals surface area contributed by atoms with E-state index in [-0.39, 0.29) is 6.61 Å². The minimum atomic E-state index is -2.25. The molecule has 0 aromatic carbocycles. The molecule has 0 aliphatic rings. The Morgan fingerprint density at radius 2 is 2.43 bits per heavy atom. The monoisotopic (exact) mass is 128 g/mol. The number of rotatable bonds is 3. The third kappa shape index (κ3) is 4.09. The number of hydrogen-bond acceptors (Lipinski definition) is 3. The van der Waals surface area contributed by atoms with E-state index >= 15 is 0 Å². The van der Waals surface area contributed by atoms with Crippen molar-refractivity contribution >= 4 is 8.60 Å². The largest absolute Gasteiger partial charge is 0.366 e. The van der Waals surface area contributed by atoms with Crippen molar-refractivity contribution in [3.8, 4) is 0 Å². The summed E-state index contributed by atoms with van der Waals surface area (Å²) < 4.78 is 17.8.